The van der Waals surface area contributed by atoms with Gasteiger partial charge in [0.05, 0.1) is 0 Å². The first-order chi connectivity index (χ1) is 4.12. The Labute approximate surface area is 58.2 Å². The minimum atomic E-state index is 0.272. The van der Waals surface area contributed by atoms with Crippen LogP contribution in [0.1, 0.15) is 26.7 Å². The third kappa shape index (κ3) is 4.22. The van der Waals surface area contributed by atoms with Gasteiger partial charge in [-0.3, -0.25) is 0 Å². The van der Waals surface area contributed by atoms with Gasteiger partial charge in [0.15, 0.2) is 0 Å². The highest BCUT2D eigenvalue weighted by Crippen LogP contribution is 2.09. The summed E-state index contributed by atoms with van der Waals surface area (Å²) in [6, 6.07) is 0. The van der Waals surface area contributed by atoms with Crippen molar-refractivity contribution < 1.29 is 0 Å². The van der Waals surface area contributed by atoms with E-state index in [1.54, 1.807) is 0 Å². The summed E-state index contributed by atoms with van der Waals surface area (Å²) in [6.45, 7) is 8.05. The zero-order chi connectivity index (χ0) is 7.33. The van der Waals surface area contributed by atoms with Crippen LogP contribution in [0.15, 0.2) is 12.7 Å². The number of hydrogen-bond donors (Lipinski definition) is 1. The summed E-state index contributed by atoms with van der Waals surface area (Å²) in [6.07, 6.45) is 4.21. The Hall–Kier alpha value is -0.300. The number of hydrogen-bond acceptors (Lipinski definition) is 1. The summed E-state index contributed by atoms with van der Waals surface area (Å²) in [5, 5.41) is 3.23. The van der Waals surface area contributed by atoms with Gasteiger partial charge in [0, 0.05) is 5.54 Å². The van der Waals surface area contributed by atoms with Crippen LogP contribution in [-0.2, 0) is 0 Å². The first kappa shape index (κ1) is 8.70. The second-order valence-corrected chi connectivity index (χ2v) is 2.96. The van der Waals surface area contributed by atoms with E-state index < -0.39 is 0 Å². The van der Waals surface area contributed by atoms with E-state index in [0.717, 1.165) is 12.8 Å². The molecule has 0 heterocycles. The number of nitrogens with one attached hydrogen (secondary N) is 1. The lowest BCUT2D eigenvalue weighted by Gasteiger charge is -2.22. The molecule has 0 aromatic rings. The van der Waals surface area contributed by atoms with E-state index in [9.17, 15) is 0 Å². The van der Waals surface area contributed by atoms with Crippen LogP contribution in [0.5, 0.6) is 0 Å². The normalized spacial score (nSPS) is 11.4. The quantitative estimate of drug-likeness (QED) is 0.569. The third-order valence-corrected chi connectivity index (χ3v) is 1.65. The maximum atomic E-state index is 3.67. The van der Waals surface area contributed by atoms with E-state index in [4.69, 9.17) is 0 Å². The van der Waals surface area contributed by atoms with E-state index in [1.165, 1.54) is 0 Å². The van der Waals surface area contributed by atoms with Crippen molar-refractivity contribution in [3.63, 3.8) is 0 Å². The molecular weight excluding hydrogens is 110 g/mol. The minimum absolute atomic E-state index is 0.272. The second kappa shape index (κ2) is 3.67. The summed E-state index contributed by atoms with van der Waals surface area (Å²) < 4.78 is 0. The fraction of sp³-hybridized carbons (Fsp3) is 0.750. The van der Waals surface area contributed by atoms with E-state index in [0.29, 0.717) is 0 Å². The highest BCUT2D eigenvalue weighted by Gasteiger charge is 2.11. The first-order valence-corrected chi connectivity index (χ1v) is 3.42. The lowest BCUT2D eigenvalue weighted by atomic mass is 9.99. The summed E-state index contributed by atoms with van der Waals surface area (Å²) in [7, 11) is 1.99. The summed E-state index contributed by atoms with van der Waals surface area (Å²) >= 11 is 0. The number of rotatable bonds is 4. The molecule has 1 heteroatoms. The summed E-state index contributed by atoms with van der Waals surface area (Å²) in [5.41, 5.74) is 0.272. The molecule has 0 fully saturated rings. The van der Waals surface area contributed by atoms with Gasteiger partial charge in [-0.15, -0.1) is 6.58 Å². The minimum Gasteiger partial charge on any atom is -0.315 e. The van der Waals surface area contributed by atoms with Crippen molar-refractivity contribution >= 4 is 0 Å². The fourth-order valence-electron chi connectivity index (χ4n) is 0.588. The van der Waals surface area contributed by atoms with Gasteiger partial charge >= 0.3 is 0 Å². The molecule has 0 amide bonds. The molecule has 0 aromatic carbocycles. The van der Waals surface area contributed by atoms with Crippen molar-refractivity contribution in [3.05, 3.63) is 12.7 Å². The lowest BCUT2D eigenvalue weighted by molar-refractivity contribution is 0.397. The van der Waals surface area contributed by atoms with Gasteiger partial charge in [0.25, 0.3) is 0 Å². The molecular formula is C8H17N. The van der Waals surface area contributed by atoms with E-state index in [2.05, 4.69) is 25.7 Å². The van der Waals surface area contributed by atoms with Gasteiger partial charge < -0.3 is 5.32 Å². The lowest BCUT2D eigenvalue weighted by Crippen LogP contribution is -2.35. The van der Waals surface area contributed by atoms with Gasteiger partial charge in [0.1, 0.15) is 0 Å². The molecule has 0 aromatic heterocycles. The zero-order valence-corrected chi connectivity index (χ0v) is 6.70. The smallest absolute Gasteiger partial charge is 0.0125 e. The maximum Gasteiger partial charge on any atom is 0.0125 e. The van der Waals surface area contributed by atoms with Crippen LogP contribution in [0, 0.1) is 0 Å². The molecule has 0 bridgehead atoms. The number of allylic oxidation sites excluding steroid dienone is 1. The van der Waals surface area contributed by atoms with Gasteiger partial charge in [-0.1, -0.05) is 6.08 Å². The van der Waals surface area contributed by atoms with E-state index in [-0.39, 0.29) is 5.54 Å². The average Bonchev–Trinajstić information content (AvgIpc) is 1.84. The van der Waals surface area contributed by atoms with Crippen LogP contribution in [0.2, 0.25) is 0 Å². The SMILES string of the molecule is C=CCCC(C)(C)NC. The molecule has 0 rings (SSSR count). The van der Waals surface area contributed by atoms with Gasteiger partial charge in [-0.05, 0) is 33.7 Å². The van der Waals surface area contributed by atoms with Crippen LogP contribution in [0.4, 0.5) is 0 Å². The standard InChI is InChI=1S/C8H17N/c1-5-6-7-8(2,3)9-4/h5,9H,1,6-7H2,2-4H3. The van der Waals surface area contributed by atoms with Crippen LogP contribution in [0.25, 0.3) is 0 Å². The topological polar surface area (TPSA) is 12.0 Å². The maximum absolute atomic E-state index is 3.67. The average molecular weight is 127 g/mol. The fourth-order valence-corrected chi connectivity index (χ4v) is 0.588. The Morgan fingerprint density at radius 1 is 1.56 bits per heavy atom. The van der Waals surface area contributed by atoms with Crippen molar-refractivity contribution in [2.75, 3.05) is 7.05 Å². The molecule has 0 aliphatic rings. The largest absolute Gasteiger partial charge is 0.315 e. The molecule has 0 spiro atoms. The van der Waals surface area contributed by atoms with Crippen LogP contribution >= 0.6 is 0 Å². The Morgan fingerprint density at radius 3 is 2.44 bits per heavy atom. The summed E-state index contributed by atoms with van der Waals surface area (Å²) in [4.78, 5) is 0. The van der Waals surface area contributed by atoms with Crippen molar-refractivity contribution in [2.24, 2.45) is 0 Å². The highest BCUT2D eigenvalue weighted by atomic mass is 14.9. The molecule has 0 saturated carbocycles. The zero-order valence-electron chi connectivity index (χ0n) is 6.70. The van der Waals surface area contributed by atoms with Crippen molar-refractivity contribution in [3.8, 4) is 0 Å². The van der Waals surface area contributed by atoms with Crippen molar-refractivity contribution in [1.29, 1.82) is 0 Å². The van der Waals surface area contributed by atoms with Gasteiger partial charge in [-0.25, -0.2) is 0 Å². The molecule has 1 N–H and O–H groups in total. The monoisotopic (exact) mass is 127 g/mol. The second-order valence-electron chi connectivity index (χ2n) is 2.96. The Kier molecular flexibility index (Phi) is 3.55. The predicted octanol–water partition coefficient (Wildman–Crippen LogP) is 1.95. The summed E-state index contributed by atoms with van der Waals surface area (Å²) in [5.74, 6) is 0. The van der Waals surface area contributed by atoms with E-state index in [1.807, 2.05) is 13.1 Å². The van der Waals surface area contributed by atoms with Crippen LogP contribution in [0.3, 0.4) is 0 Å². The molecule has 0 atom stereocenters. The molecule has 0 radical (unpaired) electrons. The molecule has 9 heavy (non-hydrogen) atoms. The Bertz CT molecular complexity index is 84.6. The van der Waals surface area contributed by atoms with Crippen LogP contribution < -0.4 is 5.32 Å². The Morgan fingerprint density at radius 2 is 2.11 bits per heavy atom. The molecule has 0 aliphatic heterocycles. The first-order valence-electron chi connectivity index (χ1n) is 3.42. The van der Waals surface area contributed by atoms with Gasteiger partial charge in [-0.2, -0.15) is 0 Å². The highest BCUT2D eigenvalue weighted by molar-refractivity contribution is 4.79. The van der Waals surface area contributed by atoms with Crippen molar-refractivity contribution in [2.45, 2.75) is 32.2 Å². The van der Waals surface area contributed by atoms with Crippen molar-refractivity contribution in [1.82, 2.24) is 5.32 Å². The molecule has 0 unspecified atom stereocenters. The Balaban J connectivity index is 3.44. The van der Waals surface area contributed by atoms with Crippen LogP contribution in [-0.4, -0.2) is 12.6 Å². The molecule has 54 valence electrons. The van der Waals surface area contributed by atoms with Gasteiger partial charge in [0.2, 0.25) is 0 Å². The molecule has 0 saturated heterocycles. The third-order valence-electron chi connectivity index (χ3n) is 1.65. The molecule has 0 aliphatic carbocycles. The molecule has 1 nitrogen and oxygen atoms in total. The van der Waals surface area contributed by atoms with E-state index >= 15 is 0 Å². The predicted molar refractivity (Wildman–Crippen MR) is 42.6 cm³/mol.